The van der Waals surface area contributed by atoms with Crippen LogP contribution in [0.2, 0.25) is 0 Å². The summed E-state index contributed by atoms with van der Waals surface area (Å²) in [5, 5.41) is 4.29. The molecule has 33 heavy (non-hydrogen) atoms. The highest BCUT2D eigenvalue weighted by molar-refractivity contribution is 5.97. The van der Waals surface area contributed by atoms with Crippen molar-refractivity contribution in [2.24, 2.45) is 0 Å². The van der Waals surface area contributed by atoms with Crippen LogP contribution in [0.25, 0.3) is 17.2 Å². The number of amides is 2. The summed E-state index contributed by atoms with van der Waals surface area (Å²) in [6.07, 6.45) is 11.6. The van der Waals surface area contributed by atoms with Crippen molar-refractivity contribution in [1.82, 2.24) is 29.5 Å². The van der Waals surface area contributed by atoms with Crippen LogP contribution in [0.1, 0.15) is 59.2 Å². The summed E-state index contributed by atoms with van der Waals surface area (Å²) in [7, 11) is 0. The van der Waals surface area contributed by atoms with Crippen LogP contribution in [0, 0.1) is 0 Å². The van der Waals surface area contributed by atoms with E-state index < -0.39 is 0 Å². The van der Waals surface area contributed by atoms with Crippen molar-refractivity contribution in [2.75, 3.05) is 26.2 Å². The Morgan fingerprint density at radius 1 is 0.727 bits per heavy atom. The molecule has 5 heterocycles. The maximum Gasteiger partial charge on any atom is 0.254 e. The average Bonchev–Trinajstić information content (AvgIpc) is 3.44. The molecule has 2 fully saturated rings. The molecular weight excluding hydrogens is 416 g/mol. The number of pyridine rings is 2. The topological polar surface area (TPSA) is 84.2 Å². The Balaban J connectivity index is 1.51. The second-order valence-corrected chi connectivity index (χ2v) is 8.69. The van der Waals surface area contributed by atoms with Gasteiger partial charge in [-0.15, -0.1) is 0 Å². The number of nitrogens with zero attached hydrogens (tertiary/aromatic N) is 6. The Hall–Kier alpha value is -3.55. The second kappa shape index (κ2) is 9.52. The first-order chi connectivity index (χ1) is 16.2. The van der Waals surface area contributed by atoms with E-state index >= 15 is 0 Å². The van der Waals surface area contributed by atoms with Gasteiger partial charge >= 0.3 is 0 Å². The number of hydrogen-bond acceptors (Lipinski definition) is 5. The van der Waals surface area contributed by atoms with Crippen LogP contribution in [0.5, 0.6) is 0 Å². The maximum absolute atomic E-state index is 13.3. The van der Waals surface area contributed by atoms with Gasteiger partial charge in [-0.25, -0.2) is 9.67 Å². The molecule has 0 saturated carbocycles. The minimum atomic E-state index is -0.00713. The van der Waals surface area contributed by atoms with Gasteiger partial charge in [0.2, 0.25) is 0 Å². The van der Waals surface area contributed by atoms with Crippen LogP contribution in [-0.2, 0) is 0 Å². The van der Waals surface area contributed by atoms with Crippen molar-refractivity contribution in [3.63, 3.8) is 0 Å². The second-order valence-electron chi connectivity index (χ2n) is 8.69. The third kappa shape index (κ3) is 4.65. The fraction of sp³-hybridized carbons (Fsp3) is 0.400. The first-order valence-corrected chi connectivity index (χ1v) is 11.8. The van der Waals surface area contributed by atoms with E-state index in [9.17, 15) is 9.59 Å². The van der Waals surface area contributed by atoms with Gasteiger partial charge in [-0.05, 0) is 68.9 Å². The molecule has 0 aliphatic carbocycles. The number of hydrogen-bond donors (Lipinski definition) is 0. The van der Waals surface area contributed by atoms with E-state index in [0.29, 0.717) is 28.3 Å². The van der Waals surface area contributed by atoms with E-state index in [4.69, 9.17) is 4.98 Å². The minimum Gasteiger partial charge on any atom is -0.339 e. The molecule has 8 heteroatoms. The molecule has 3 aromatic rings. The Bertz CT molecular complexity index is 1130. The lowest BCUT2D eigenvalue weighted by Gasteiger charge is -2.27. The van der Waals surface area contributed by atoms with Crippen molar-refractivity contribution in [3.05, 3.63) is 60.0 Å². The summed E-state index contributed by atoms with van der Waals surface area (Å²) < 4.78 is 1.64. The molecule has 2 aliphatic rings. The summed E-state index contributed by atoms with van der Waals surface area (Å²) in [5.74, 6) is 0.561. The Labute approximate surface area is 193 Å². The van der Waals surface area contributed by atoms with Crippen molar-refractivity contribution < 1.29 is 9.59 Å². The summed E-state index contributed by atoms with van der Waals surface area (Å²) in [6, 6.07) is 8.90. The van der Waals surface area contributed by atoms with Gasteiger partial charge in [0, 0.05) is 55.9 Å². The van der Waals surface area contributed by atoms with Gasteiger partial charge in [0.1, 0.15) is 0 Å². The number of piperidine rings is 2. The third-order valence-electron chi connectivity index (χ3n) is 6.35. The molecule has 0 unspecified atom stereocenters. The summed E-state index contributed by atoms with van der Waals surface area (Å²) in [5.41, 5.74) is 2.27. The Kier molecular flexibility index (Phi) is 6.15. The van der Waals surface area contributed by atoms with Gasteiger partial charge in [0.15, 0.2) is 5.82 Å². The monoisotopic (exact) mass is 444 g/mol. The predicted molar refractivity (Wildman–Crippen MR) is 124 cm³/mol. The number of carbonyl (C=O) groups excluding carboxylic acids is 2. The van der Waals surface area contributed by atoms with Crippen LogP contribution in [0.3, 0.4) is 0 Å². The largest absolute Gasteiger partial charge is 0.339 e. The van der Waals surface area contributed by atoms with E-state index in [0.717, 1.165) is 58.3 Å². The fourth-order valence-electron chi connectivity index (χ4n) is 4.56. The van der Waals surface area contributed by atoms with Crippen molar-refractivity contribution >= 4 is 11.8 Å². The molecular formula is C25H28N6O2. The molecule has 0 spiro atoms. The first kappa shape index (κ1) is 21.3. The molecule has 3 aromatic heterocycles. The van der Waals surface area contributed by atoms with Crippen LogP contribution in [0.15, 0.2) is 48.9 Å². The molecule has 0 N–H and O–H groups in total. The molecule has 0 aromatic carbocycles. The molecule has 2 aliphatic heterocycles. The highest BCUT2D eigenvalue weighted by Gasteiger charge is 2.22. The van der Waals surface area contributed by atoms with Gasteiger partial charge in [-0.1, -0.05) is 0 Å². The van der Waals surface area contributed by atoms with Gasteiger partial charge in [0.25, 0.3) is 11.8 Å². The maximum atomic E-state index is 13.3. The van der Waals surface area contributed by atoms with E-state index in [1.165, 1.54) is 6.42 Å². The van der Waals surface area contributed by atoms with E-state index in [2.05, 4.69) is 10.1 Å². The SMILES string of the molecule is O=C(c1ccnc(-c2cc(C(=O)N3CCCCC3)cc(-n3cccn3)n2)c1)N1CCCCC1. The summed E-state index contributed by atoms with van der Waals surface area (Å²) in [6.45, 7) is 3.12. The number of aromatic nitrogens is 4. The van der Waals surface area contributed by atoms with Crippen LogP contribution < -0.4 is 0 Å². The minimum absolute atomic E-state index is 0.00713. The zero-order chi connectivity index (χ0) is 22.6. The lowest BCUT2D eigenvalue weighted by Crippen LogP contribution is -2.35. The molecule has 0 atom stereocenters. The molecule has 0 radical (unpaired) electrons. The lowest BCUT2D eigenvalue weighted by atomic mass is 10.1. The average molecular weight is 445 g/mol. The zero-order valence-electron chi connectivity index (χ0n) is 18.7. The highest BCUT2D eigenvalue weighted by atomic mass is 16.2. The van der Waals surface area contributed by atoms with Gasteiger partial charge in [-0.3, -0.25) is 14.6 Å². The Morgan fingerprint density at radius 2 is 1.36 bits per heavy atom. The summed E-state index contributed by atoms with van der Waals surface area (Å²) in [4.78, 5) is 39.3. The van der Waals surface area contributed by atoms with Crippen molar-refractivity contribution in [2.45, 2.75) is 38.5 Å². The van der Waals surface area contributed by atoms with Gasteiger partial charge < -0.3 is 9.80 Å². The van der Waals surface area contributed by atoms with Crippen LogP contribution in [0.4, 0.5) is 0 Å². The quantitative estimate of drug-likeness (QED) is 0.614. The molecule has 170 valence electrons. The number of carbonyl (C=O) groups is 2. The van der Waals surface area contributed by atoms with E-state index in [1.54, 1.807) is 47.5 Å². The smallest absolute Gasteiger partial charge is 0.254 e. The summed E-state index contributed by atoms with van der Waals surface area (Å²) >= 11 is 0. The zero-order valence-corrected chi connectivity index (χ0v) is 18.7. The van der Waals surface area contributed by atoms with Crippen LogP contribution in [-0.4, -0.2) is 67.5 Å². The fourth-order valence-corrected chi connectivity index (χ4v) is 4.56. The van der Waals surface area contributed by atoms with Crippen LogP contribution >= 0.6 is 0 Å². The molecule has 2 amide bonds. The molecule has 5 rings (SSSR count). The van der Waals surface area contributed by atoms with Crippen molar-refractivity contribution in [1.29, 1.82) is 0 Å². The van der Waals surface area contributed by atoms with Gasteiger partial charge in [-0.2, -0.15) is 5.10 Å². The van der Waals surface area contributed by atoms with Crippen molar-refractivity contribution in [3.8, 4) is 17.2 Å². The third-order valence-corrected chi connectivity index (χ3v) is 6.35. The van der Waals surface area contributed by atoms with E-state index in [1.807, 2.05) is 15.9 Å². The number of likely N-dealkylation sites (tertiary alicyclic amines) is 2. The number of rotatable bonds is 4. The molecule has 8 nitrogen and oxygen atoms in total. The molecule has 2 saturated heterocycles. The first-order valence-electron chi connectivity index (χ1n) is 11.8. The Morgan fingerprint density at radius 3 is 2.00 bits per heavy atom. The lowest BCUT2D eigenvalue weighted by molar-refractivity contribution is 0.0716. The standard InChI is InChI=1S/C25H28N6O2/c32-24(29-11-3-1-4-12-29)19-8-10-26-21(16-19)22-17-20(25(33)30-13-5-2-6-14-30)18-23(28-22)31-15-7-9-27-31/h7-10,15-18H,1-6,11-14H2. The van der Waals surface area contributed by atoms with E-state index in [-0.39, 0.29) is 11.8 Å². The molecule has 0 bridgehead atoms. The normalized spacial score (nSPS) is 16.6. The van der Waals surface area contributed by atoms with Gasteiger partial charge in [0.05, 0.1) is 11.4 Å². The highest BCUT2D eigenvalue weighted by Crippen LogP contribution is 2.23. The predicted octanol–water partition coefficient (Wildman–Crippen LogP) is 3.58.